The molecule has 0 amide bonds. The van der Waals surface area contributed by atoms with Crippen LogP contribution in [-0.4, -0.2) is 28.5 Å². The van der Waals surface area contributed by atoms with E-state index in [1.165, 1.54) is 0 Å². The van der Waals surface area contributed by atoms with Crippen molar-refractivity contribution in [1.29, 1.82) is 4.78 Å². The Labute approximate surface area is 131 Å². The zero-order chi connectivity index (χ0) is 15.3. The van der Waals surface area contributed by atoms with Crippen LogP contribution >= 0.6 is 15.9 Å². The molecule has 1 saturated carbocycles. The van der Waals surface area contributed by atoms with E-state index < -0.39 is 15.7 Å². The van der Waals surface area contributed by atoms with Crippen LogP contribution in [0, 0.1) is 4.78 Å². The predicted octanol–water partition coefficient (Wildman–Crippen LogP) is 4.25. The maximum Gasteiger partial charge on any atom is 0.266 e. The second-order valence-electron chi connectivity index (χ2n) is 5.79. The maximum atomic E-state index is 13.3. The number of hydrogen-bond acceptors (Lipinski definition) is 3. The molecule has 2 aliphatic rings. The molecule has 1 N–H and O–H groups in total. The Kier molecular flexibility index (Phi) is 3.76. The second kappa shape index (κ2) is 5.19. The van der Waals surface area contributed by atoms with Gasteiger partial charge >= 0.3 is 0 Å². The lowest BCUT2D eigenvalue weighted by molar-refractivity contribution is 0.0257. The van der Waals surface area contributed by atoms with E-state index in [-0.39, 0.29) is 18.2 Å². The lowest BCUT2D eigenvalue weighted by Gasteiger charge is -2.28. The number of rotatable bonds is 3. The lowest BCUT2D eigenvalue weighted by atomic mass is 10.00. The third kappa shape index (κ3) is 2.82. The Morgan fingerprint density at radius 3 is 2.57 bits per heavy atom. The van der Waals surface area contributed by atoms with Crippen LogP contribution < -0.4 is 4.90 Å². The van der Waals surface area contributed by atoms with Crippen LogP contribution in [0.2, 0.25) is 0 Å². The van der Waals surface area contributed by atoms with E-state index in [1.54, 1.807) is 23.1 Å². The highest BCUT2D eigenvalue weighted by molar-refractivity contribution is 9.10. The first-order valence-corrected chi connectivity index (χ1v) is 9.41. The zero-order valence-corrected chi connectivity index (χ0v) is 13.9. The molecule has 3 nitrogen and oxygen atoms in total. The minimum atomic E-state index is -2.78. The molecule has 1 aliphatic carbocycles. The van der Waals surface area contributed by atoms with Crippen molar-refractivity contribution in [1.82, 2.24) is 0 Å². The molecule has 1 heterocycles. The predicted molar refractivity (Wildman–Crippen MR) is 82.7 cm³/mol. The molecule has 0 radical (unpaired) electrons. The minimum absolute atomic E-state index is 0.0635. The maximum absolute atomic E-state index is 13.3. The largest absolute Gasteiger partial charge is 0.364 e. The number of nitrogens with one attached hydrogen (secondary N) is 1. The van der Waals surface area contributed by atoms with Crippen LogP contribution in [0.4, 0.5) is 14.5 Å². The van der Waals surface area contributed by atoms with Gasteiger partial charge in [0.2, 0.25) is 0 Å². The van der Waals surface area contributed by atoms with Crippen LogP contribution in [0.3, 0.4) is 0 Å². The lowest BCUT2D eigenvalue weighted by Crippen LogP contribution is -2.28. The Bertz CT molecular complexity index is 659. The van der Waals surface area contributed by atoms with Crippen molar-refractivity contribution in [2.75, 3.05) is 18.0 Å². The summed E-state index contributed by atoms with van der Waals surface area (Å²) in [6, 6.07) is 5.03. The van der Waals surface area contributed by atoms with E-state index in [4.69, 9.17) is 4.78 Å². The first-order valence-electron chi connectivity index (χ1n) is 7.00. The molecule has 1 aromatic carbocycles. The summed E-state index contributed by atoms with van der Waals surface area (Å²) < 4.78 is 48.0. The number of halogens is 3. The number of alkyl halides is 2. The Morgan fingerprint density at radius 2 is 2.10 bits per heavy atom. The van der Waals surface area contributed by atoms with Gasteiger partial charge in [0.25, 0.3) is 5.92 Å². The van der Waals surface area contributed by atoms with E-state index in [0.717, 1.165) is 19.3 Å². The van der Waals surface area contributed by atoms with Gasteiger partial charge in [-0.25, -0.2) is 17.8 Å². The molecule has 2 fully saturated rings. The molecule has 0 aromatic heterocycles. The number of nitrogens with zero attached hydrogens (tertiary/aromatic N) is 1. The highest BCUT2D eigenvalue weighted by atomic mass is 79.9. The summed E-state index contributed by atoms with van der Waals surface area (Å²) in [5.74, 6) is -2.65. The smallest absolute Gasteiger partial charge is 0.266 e. The summed E-state index contributed by atoms with van der Waals surface area (Å²) in [7, 11) is -2.78. The van der Waals surface area contributed by atoms with Gasteiger partial charge in [0, 0.05) is 27.6 Å². The monoisotopic (exact) mass is 378 g/mol. The summed E-state index contributed by atoms with van der Waals surface area (Å²) in [6.07, 6.45) is 2.56. The molecule has 21 heavy (non-hydrogen) atoms. The molecular formula is C14H17BrF2N2OS. The molecule has 116 valence electrons. The summed E-state index contributed by atoms with van der Waals surface area (Å²) >= 11 is 3.38. The van der Waals surface area contributed by atoms with Crippen LogP contribution in [0.15, 0.2) is 27.6 Å². The van der Waals surface area contributed by atoms with Crippen molar-refractivity contribution in [2.24, 2.45) is 0 Å². The first kappa shape index (κ1) is 15.2. The molecule has 1 aliphatic heterocycles. The minimum Gasteiger partial charge on any atom is -0.364 e. The fourth-order valence-electron chi connectivity index (χ4n) is 2.77. The molecule has 1 aromatic rings. The molecule has 0 bridgehead atoms. The third-order valence-corrected chi connectivity index (χ3v) is 7.30. The fourth-order valence-corrected chi connectivity index (χ4v) is 5.50. The van der Waals surface area contributed by atoms with Crippen molar-refractivity contribution in [3.63, 3.8) is 0 Å². The standard InChI is InChI=1S/C14H17BrF2N2OS/c15-12-8-11(21(18,20)10-2-1-3-10)4-5-13(12)19-7-6-14(16,17)9-19/h4-5,8,10,18H,1-3,6-7,9H2/t21-/m0/s1. The Hall–Kier alpha value is -0.690. The molecule has 1 saturated heterocycles. The topological polar surface area (TPSA) is 44.2 Å². The van der Waals surface area contributed by atoms with Gasteiger partial charge in [-0.1, -0.05) is 6.42 Å². The van der Waals surface area contributed by atoms with Gasteiger partial charge in [-0.05, 0) is 47.0 Å². The Balaban J connectivity index is 1.87. The fraction of sp³-hybridized carbons (Fsp3) is 0.571. The summed E-state index contributed by atoms with van der Waals surface area (Å²) in [4.78, 5) is 2.12. The number of anilines is 1. The Morgan fingerprint density at radius 1 is 1.38 bits per heavy atom. The van der Waals surface area contributed by atoms with Gasteiger partial charge in [0.1, 0.15) is 0 Å². The molecule has 7 heteroatoms. The summed E-state index contributed by atoms with van der Waals surface area (Å²) in [6.45, 7) is 0.0215. The third-order valence-electron chi connectivity index (χ3n) is 4.30. The highest BCUT2D eigenvalue weighted by Gasteiger charge is 2.39. The van der Waals surface area contributed by atoms with Crippen LogP contribution in [0.1, 0.15) is 25.7 Å². The normalized spacial score (nSPS) is 24.6. The molecule has 0 spiro atoms. The number of hydrogen-bond donors (Lipinski definition) is 1. The van der Waals surface area contributed by atoms with E-state index >= 15 is 0 Å². The summed E-state index contributed by atoms with van der Waals surface area (Å²) in [5, 5.41) is -0.0635. The van der Waals surface area contributed by atoms with Crippen LogP contribution in [0.25, 0.3) is 0 Å². The average Bonchev–Trinajstić information content (AvgIpc) is 2.66. The van der Waals surface area contributed by atoms with Crippen molar-refractivity contribution in [2.45, 2.75) is 41.8 Å². The average molecular weight is 379 g/mol. The molecule has 3 rings (SSSR count). The molecular weight excluding hydrogens is 362 g/mol. The SMILES string of the molecule is N=[S@@](=O)(c1ccc(N2CCC(F)(F)C2)c(Br)c1)C1CCC1. The van der Waals surface area contributed by atoms with Crippen molar-refractivity contribution in [3.8, 4) is 0 Å². The van der Waals surface area contributed by atoms with Gasteiger partial charge in [-0.2, -0.15) is 0 Å². The molecule has 0 unspecified atom stereocenters. The first-order chi connectivity index (χ1) is 9.79. The van der Waals surface area contributed by atoms with Gasteiger partial charge in [-0.15, -0.1) is 0 Å². The zero-order valence-electron chi connectivity index (χ0n) is 11.4. The van der Waals surface area contributed by atoms with E-state index in [2.05, 4.69) is 15.9 Å². The highest BCUT2D eigenvalue weighted by Crippen LogP contribution is 2.38. The second-order valence-corrected chi connectivity index (χ2v) is 8.99. The quantitative estimate of drug-likeness (QED) is 0.853. The van der Waals surface area contributed by atoms with Gasteiger partial charge in [0.05, 0.1) is 22.0 Å². The van der Waals surface area contributed by atoms with Crippen LogP contribution in [-0.2, 0) is 9.73 Å². The van der Waals surface area contributed by atoms with Crippen molar-refractivity contribution >= 4 is 31.3 Å². The van der Waals surface area contributed by atoms with Gasteiger partial charge in [0.15, 0.2) is 0 Å². The van der Waals surface area contributed by atoms with E-state index in [1.807, 2.05) is 0 Å². The summed E-state index contributed by atoms with van der Waals surface area (Å²) in [5.41, 5.74) is 0.680. The van der Waals surface area contributed by atoms with Gasteiger partial charge < -0.3 is 4.90 Å². The van der Waals surface area contributed by atoms with Gasteiger partial charge in [-0.3, -0.25) is 0 Å². The van der Waals surface area contributed by atoms with E-state index in [0.29, 0.717) is 21.6 Å². The molecule has 1 atom stereocenters. The number of benzene rings is 1. The van der Waals surface area contributed by atoms with Crippen LogP contribution in [0.5, 0.6) is 0 Å². The van der Waals surface area contributed by atoms with Crippen molar-refractivity contribution < 1.29 is 13.0 Å². The van der Waals surface area contributed by atoms with E-state index in [9.17, 15) is 13.0 Å². The van der Waals surface area contributed by atoms with Crippen molar-refractivity contribution in [3.05, 3.63) is 22.7 Å².